The van der Waals surface area contributed by atoms with Gasteiger partial charge in [0.1, 0.15) is 17.2 Å². The average Bonchev–Trinajstić information content (AvgIpc) is 3.07. The Balaban J connectivity index is 1.94. The van der Waals surface area contributed by atoms with Gasteiger partial charge in [0, 0.05) is 5.39 Å². The number of carbonyl (C=O) groups excluding carboxylic acids is 1. The number of aromatic carboxylic acids is 1. The van der Waals surface area contributed by atoms with E-state index in [1.54, 1.807) is 42.5 Å². The number of halogens is 3. The maximum atomic E-state index is 14.6. The van der Waals surface area contributed by atoms with Gasteiger partial charge in [-0.15, -0.1) is 0 Å². The van der Waals surface area contributed by atoms with Crippen molar-refractivity contribution in [1.29, 1.82) is 0 Å². The largest absolute Gasteiger partial charge is 0.478 e. The third-order valence-corrected chi connectivity index (χ3v) is 5.05. The molecule has 0 unspecified atom stereocenters. The van der Waals surface area contributed by atoms with E-state index in [2.05, 4.69) is 5.10 Å². The molecule has 1 aromatic heterocycles. The third kappa shape index (κ3) is 3.26. The number of carboxylic acid groups (broad SMARTS) is 1. The third-order valence-electron chi connectivity index (χ3n) is 4.42. The first-order chi connectivity index (χ1) is 13.9. The van der Waals surface area contributed by atoms with Crippen LogP contribution in [0.4, 0.5) is 4.39 Å². The molecule has 0 bridgehead atoms. The number of carboxylic acids is 1. The minimum atomic E-state index is -1.25. The summed E-state index contributed by atoms with van der Waals surface area (Å²) in [5.74, 6) is -2.53. The standard InChI is InChI=1S/C21H11Cl2FN2O3/c22-13-5-3-6-14(23)18(13)20(27)19-12-4-1-2-7-16(12)26(25-19)17-9-8-11(21(28)29)10-15(17)24/h1-10H,(H,28,29). The maximum absolute atomic E-state index is 14.6. The van der Waals surface area contributed by atoms with Crippen LogP contribution in [-0.4, -0.2) is 26.6 Å². The Labute approximate surface area is 173 Å². The molecule has 8 heteroatoms. The predicted molar refractivity (Wildman–Crippen MR) is 108 cm³/mol. The Morgan fingerprint density at radius 1 is 0.966 bits per heavy atom. The van der Waals surface area contributed by atoms with Gasteiger partial charge in [-0.25, -0.2) is 13.9 Å². The van der Waals surface area contributed by atoms with Gasteiger partial charge in [-0.05, 0) is 36.4 Å². The van der Waals surface area contributed by atoms with E-state index in [-0.39, 0.29) is 32.6 Å². The van der Waals surface area contributed by atoms with E-state index < -0.39 is 17.6 Å². The lowest BCUT2D eigenvalue weighted by Crippen LogP contribution is -2.07. The van der Waals surface area contributed by atoms with Crippen molar-refractivity contribution < 1.29 is 19.1 Å². The van der Waals surface area contributed by atoms with Gasteiger partial charge >= 0.3 is 5.97 Å². The second-order valence-corrected chi connectivity index (χ2v) is 6.99. The molecule has 0 aliphatic heterocycles. The number of ketones is 1. The summed E-state index contributed by atoms with van der Waals surface area (Å²) in [4.78, 5) is 24.2. The molecule has 3 aromatic carbocycles. The molecule has 1 N–H and O–H groups in total. The number of para-hydroxylation sites is 1. The summed E-state index contributed by atoms with van der Waals surface area (Å²) in [5.41, 5.74) is 0.448. The molecule has 144 valence electrons. The Hall–Kier alpha value is -3.22. The van der Waals surface area contributed by atoms with Gasteiger partial charge in [0.25, 0.3) is 0 Å². The van der Waals surface area contributed by atoms with Gasteiger partial charge in [0.05, 0.1) is 26.7 Å². The summed E-state index contributed by atoms with van der Waals surface area (Å²) in [6.07, 6.45) is 0. The molecule has 0 aliphatic rings. The predicted octanol–water partition coefficient (Wildman–Crippen LogP) is 5.40. The van der Waals surface area contributed by atoms with Crippen molar-refractivity contribution in [2.45, 2.75) is 0 Å². The minimum Gasteiger partial charge on any atom is -0.478 e. The summed E-state index contributed by atoms with van der Waals surface area (Å²) < 4.78 is 15.9. The van der Waals surface area contributed by atoms with Crippen molar-refractivity contribution in [2.24, 2.45) is 0 Å². The van der Waals surface area contributed by atoms with E-state index in [4.69, 9.17) is 28.3 Å². The average molecular weight is 429 g/mol. The number of fused-ring (bicyclic) bond motifs is 1. The molecule has 0 saturated heterocycles. The molecule has 4 rings (SSSR count). The highest BCUT2D eigenvalue weighted by molar-refractivity contribution is 6.41. The van der Waals surface area contributed by atoms with Gasteiger partial charge in [-0.1, -0.05) is 47.5 Å². The Morgan fingerprint density at radius 3 is 2.31 bits per heavy atom. The topological polar surface area (TPSA) is 72.2 Å². The second-order valence-electron chi connectivity index (χ2n) is 6.17. The van der Waals surface area contributed by atoms with Gasteiger partial charge in [0.2, 0.25) is 5.78 Å². The summed E-state index contributed by atoms with van der Waals surface area (Å²) in [6.45, 7) is 0. The first-order valence-electron chi connectivity index (χ1n) is 8.38. The van der Waals surface area contributed by atoms with E-state index in [0.29, 0.717) is 10.9 Å². The summed E-state index contributed by atoms with van der Waals surface area (Å²) in [5, 5.41) is 14.2. The van der Waals surface area contributed by atoms with E-state index in [9.17, 15) is 14.0 Å². The van der Waals surface area contributed by atoms with Crippen LogP contribution in [0.1, 0.15) is 26.4 Å². The Kier molecular flexibility index (Phi) is 4.82. The van der Waals surface area contributed by atoms with E-state index in [0.717, 1.165) is 6.07 Å². The summed E-state index contributed by atoms with van der Waals surface area (Å²) in [7, 11) is 0. The minimum absolute atomic E-state index is 0.00973. The molecule has 0 amide bonds. The van der Waals surface area contributed by atoms with Crippen LogP contribution < -0.4 is 0 Å². The number of benzene rings is 3. The van der Waals surface area contributed by atoms with Crippen LogP contribution in [0.3, 0.4) is 0 Å². The molecule has 29 heavy (non-hydrogen) atoms. The van der Waals surface area contributed by atoms with Crippen molar-refractivity contribution in [3.05, 3.63) is 93.3 Å². The second kappa shape index (κ2) is 7.31. The van der Waals surface area contributed by atoms with Gasteiger partial charge < -0.3 is 5.11 Å². The molecule has 0 fully saturated rings. The number of hydrogen-bond acceptors (Lipinski definition) is 3. The molecule has 1 heterocycles. The van der Waals surface area contributed by atoms with Crippen molar-refractivity contribution in [3.63, 3.8) is 0 Å². The molecular formula is C21H11Cl2FN2O3. The SMILES string of the molecule is O=C(O)c1ccc(-n2nc(C(=O)c3c(Cl)cccc3Cl)c3ccccc32)c(F)c1. The summed E-state index contributed by atoms with van der Waals surface area (Å²) >= 11 is 12.3. The lowest BCUT2D eigenvalue weighted by atomic mass is 10.1. The lowest BCUT2D eigenvalue weighted by Gasteiger charge is -2.06. The number of nitrogens with zero attached hydrogens (tertiary/aromatic N) is 2. The fourth-order valence-electron chi connectivity index (χ4n) is 3.06. The fraction of sp³-hybridized carbons (Fsp3) is 0. The van der Waals surface area contributed by atoms with Gasteiger partial charge in [0.15, 0.2) is 0 Å². The molecule has 0 radical (unpaired) electrons. The van der Waals surface area contributed by atoms with Crippen LogP contribution in [0.15, 0.2) is 60.7 Å². The van der Waals surface area contributed by atoms with Crippen molar-refractivity contribution in [3.8, 4) is 5.69 Å². The number of hydrogen-bond donors (Lipinski definition) is 1. The van der Waals surface area contributed by atoms with Crippen LogP contribution in [0, 0.1) is 5.82 Å². The van der Waals surface area contributed by atoms with E-state index in [1.807, 2.05) is 0 Å². The van der Waals surface area contributed by atoms with Gasteiger partial charge in [-0.3, -0.25) is 4.79 Å². The van der Waals surface area contributed by atoms with Crippen LogP contribution in [-0.2, 0) is 0 Å². The summed E-state index contributed by atoms with van der Waals surface area (Å²) in [6, 6.07) is 15.0. The monoisotopic (exact) mass is 428 g/mol. The Bertz CT molecular complexity index is 1280. The number of carbonyl (C=O) groups is 2. The van der Waals surface area contributed by atoms with Crippen LogP contribution in [0.2, 0.25) is 10.0 Å². The highest BCUT2D eigenvalue weighted by Gasteiger charge is 2.24. The molecule has 4 aromatic rings. The fourth-order valence-corrected chi connectivity index (χ4v) is 3.63. The smallest absolute Gasteiger partial charge is 0.335 e. The quantitative estimate of drug-likeness (QED) is 0.441. The van der Waals surface area contributed by atoms with Crippen molar-refractivity contribution in [1.82, 2.24) is 9.78 Å². The zero-order valence-corrected chi connectivity index (χ0v) is 16.1. The first-order valence-corrected chi connectivity index (χ1v) is 9.13. The molecule has 0 saturated carbocycles. The molecule has 0 atom stereocenters. The normalized spacial score (nSPS) is 11.0. The Morgan fingerprint density at radius 2 is 1.66 bits per heavy atom. The van der Waals surface area contributed by atoms with Gasteiger partial charge in [-0.2, -0.15) is 5.10 Å². The van der Waals surface area contributed by atoms with Crippen molar-refractivity contribution >= 4 is 45.9 Å². The van der Waals surface area contributed by atoms with Crippen LogP contribution in [0.5, 0.6) is 0 Å². The van der Waals surface area contributed by atoms with E-state index in [1.165, 1.54) is 16.8 Å². The number of rotatable bonds is 4. The van der Waals surface area contributed by atoms with E-state index >= 15 is 0 Å². The number of aromatic nitrogens is 2. The first kappa shape index (κ1) is 19.1. The van der Waals surface area contributed by atoms with Crippen molar-refractivity contribution in [2.75, 3.05) is 0 Å². The van der Waals surface area contributed by atoms with Crippen LogP contribution in [0.25, 0.3) is 16.6 Å². The zero-order chi connectivity index (χ0) is 20.7. The highest BCUT2D eigenvalue weighted by atomic mass is 35.5. The molecular weight excluding hydrogens is 418 g/mol. The molecule has 0 spiro atoms. The lowest BCUT2D eigenvalue weighted by molar-refractivity contribution is 0.0696. The molecule has 0 aliphatic carbocycles. The van der Waals surface area contributed by atoms with Crippen LogP contribution >= 0.6 is 23.2 Å². The highest BCUT2D eigenvalue weighted by Crippen LogP contribution is 2.30. The molecule has 5 nitrogen and oxygen atoms in total. The zero-order valence-electron chi connectivity index (χ0n) is 14.6. The maximum Gasteiger partial charge on any atom is 0.335 e.